The fraction of sp³-hybridized carbons (Fsp3) is 0.542. The lowest BCUT2D eigenvalue weighted by atomic mass is 9.77. The average Bonchev–Trinajstić information content (AvgIpc) is 3.02. The molecule has 1 aromatic carbocycles. The molecule has 2 amide bonds. The van der Waals surface area contributed by atoms with E-state index >= 15 is 0 Å². The third-order valence-corrected chi connectivity index (χ3v) is 6.72. The lowest BCUT2D eigenvalue weighted by Gasteiger charge is -2.32. The van der Waals surface area contributed by atoms with Gasteiger partial charge in [-0.3, -0.25) is 14.4 Å². The van der Waals surface area contributed by atoms with Gasteiger partial charge in [0, 0.05) is 43.9 Å². The monoisotopic (exact) mass is 410 g/mol. The molecule has 4 rings (SSSR count). The van der Waals surface area contributed by atoms with Crippen molar-refractivity contribution in [3.05, 3.63) is 47.2 Å². The average molecular weight is 411 g/mol. The Morgan fingerprint density at radius 2 is 2.07 bits per heavy atom. The maximum atomic E-state index is 12.8. The zero-order valence-corrected chi connectivity index (χ0v) is 17.7. The van der Waals surface area contributed by atoms with E-state index in [0.717, 1.165) is 37.2 Å². The van der Waals surface area contributed by atoms with Gasteiger partial charge in [-0.2, -0.15) is 0 Å². The molecule has 0 saturated carbocycles. The van der Waals surface area contributed by atoms with Crippen LogP contribution in [0, 0.1) is 5.41 Å². The van der Waals surface area contributed by atoms with Crippen molar-refractivity contribution in [2.24, 2.45) is 5.41 Å². The highest BCUT2D eigenvalue weighted by atomic mass is 16.5. The smallest absolute Gasteiger partial charge is 0.255 e. The highest BCUT2D eigenvalue weighted by Crippen LogP contribution is 2.34. The Kier molecular flexibility index (Phi) is 5.78. The number of Topliss-reactive ketones (excluding diaryl/α,β-unsaturated/α-hetero) is 1. The van der Waals surface area contributed by atoms with Crippen LogP contribution >= 0.6 is 0 Å². The summed E-state index contributed by atoms with van der Waals surface area (Å²) in [6, 6.07) is 5.36. The number of rotatable bonds is 6. The Balaban J connectivity index is 1.36. The first-order valence-electron chi connectivity index (χ1n) is 10.9. The van der Waals surface area contributed by atoms with Crippen LogP contribution in [-0.2, 0) is 27.3 Å². The molecule has 0 aliphatic carbocycles. The number of ether oxygens (including phenoxy) is 1. The van der Waals surface area contributed by atoms with Crippen LogP contribution in [0.25, 0.3) is 0 Å². The van der Waals surface area contributed by atoms with Gasteiger partial charge in [-0.1, -0.05) is 25.6 Å². The highest BCUT2D eigenvalue weighted by Gasteiger charge is 2.38. The molecule has 6 nitrogen and oxygen atoms in total. The fourth-order valence-electron chi connectivity index (χ4n) is 4.75. The van der Waals surface area contributed by atoms with Crippen molar-refractivity contribution in [1.29, 1.82) is 0 Å². The van der Waals surface area contributed by atoms with Gasteiger partial charge in [-0.25, -0.2) is 0 Å². The first-order valence-corrected chi connectivity index (χ1v) is 10.9. The first kappa shape index (κ1) is 20.8. The van der Waals surface area contributed by atoms with Gasteiger partial charge >= 0.3 is 0 Å². The zero-order chi connectivity index (χ0) is 21.3. The molecule has 3 aliphatic heterocycles. The van der Waals surface area contributed by atoms with Gasteiger partial charge in [0.25, 0.3) is 5.91 Å². The molecule has 2 fully saturated rings. The lowest BCUT2D eigenvalue weighted by molar-refractivity contribution is -0.126. The van der Waals surface area contributed by atoms with Gasteiger partial charge in [-0.15, -0.1) is 0 Å². The summed E-state index contributed by atoms with van der Waals surface area (Å²) in [5.41, 5.74) is 3.44. The third-order valence-electron chi connectivity index (χ3n) is 6.72. The molecular formula is C24H30N2O4. The molecule has 3 heterocycles. The maximum absolute atomic E-state index is 12.8. The summed E-state index contributed by atoms with van der Waals surface area (Å²) in [5, 5.41) is 2.76. The third kappa shape index (κ3) is 4.33. The number of hydrogen-bond donors (Lipinski definition) is 1. The van der Waals surface area contributed by atoms with Crippen LogP contribution in [-0.4, -0.2) is 41.8 Å². The quantitative estimate of drug-likeness (QED) is 0.782. The minimum Gasteiger partial charge on any atom is -0.381 e. The van der Waals surface area contributed by atoms with Crippen LogP contribution in [0.3, 0.4) is 0 Å². The highest BCUT2D eigenvalue weighted by molar-refractivity contribution is 6.01. The van der Waals surface area contributed by atoms with Gasteiger partial charge in [0.1, 0.15) is 11.8 Å². The van der Waals surface area contributed by atoms with E-state index in [4.69, 9.17) is 4.74 Å². The summed E-state index contributed by atoms with van der Waals surface area (Å²) in [6.07, 6.45) is 4.98. The van der Waals surface area contributed by atoms with Crippen LogP contribution in [0.1, 0.15) is 66.9 Å². The number of hydrogen-bond acceptors (Lipinski definition) is 4. The van der Waals surface area contributed by atoms with E-state index < -0.39 is 6.04 Å². The molecule has 1 aromatic rings. The number of aryl methyl sites for hydroxylation is 1. The number of benzene rings is 1. The summed E-state index contributed by atoms with van der Waals surface area (Å²) in [4.78, 5) is 39.3. The van der Waals surface area contributed by atoms with Crippen molar-refractivity contribution in [3.8, 4) is 0 Å². The van der Waals surface area contributed by atoms with Crippen molar-refractivity contribution in [3.63, 3.8) is 0 Å². The fourth-order valence-corrected chi connectivity index (χ4v) is 4.75. The number of allylic oxidation sites excluding steroid dienone is 1. The van der Waals surface area contributed by atoms with Crippen LogP contribution in [0.5, 0.6) is 0 Å². The number of carbonyl (C=O) groups excluding carboxylic acids is 3. The standard InChI is InChI=1S/C24H30N2O4/c1-16-3-8-21(22(28)25-16)26-15-18-13-17(5-7-20(18)23(26)29)4-6-19(27)14-24(2)9-11-30-12-10-24/h5,7,13,21H,1,3-4,6,8-12,14-15H2,2H3,(H,25,28). The van der Waals surface area contributed by atoms with Crippen LogP contribution in [0.2, 0.25) is 0 Å². The molecule has 0 aromatic heterocycles. The van der Waals surface area contributed by atoms with Crippen LogP contribution in [0.15, 0.2) is 30.5 Å². The Morgan fingerprint density at radius 1 is 1.30 bits per heavy atom. The summed E-state index contributed by atoms with van der Waals surface area (Å²) in [7, 11) is 0. The molecule has 1 atom stereocenters. The summed E-state index contributed by atoms with van der Waals surface area (Å²) >= 11 is 0. The van der Waals surface area contributed by atoms with Crippen molar-refractivity contribution in [2.75, 3.05) is 13.2 Å². The second-order valence-corrected chi connectivity index (χ2v) is 9.21. The van der Waals surface area contributed by atoms with Gasteiger partial charge in [0.2, 0.25) is 5.91 Å². The van der Waals surface area contributed by atoms with Crippen molar-refractivity contribution in [2.45, 2.75) is 64.5 Å². The number of amides is 2. The number of piperidine rings is 1. The minimum absolute atomic E-state index is 0.0616. The van der Waals surface area contributed by atoms with Crippen LogP contribution < -0.4 is 5.32 Å². The molecule has 0 spiro atoms. The Morgan fingerprint density at radius 3 is 2.80 bits per heavy atom. The molecule has 0 bridgehead atoms. The van der Waals surface area contributed by atoms with Crippen molar-refractivity contribution >= 4 is 17.6 Å². The molecule has 6 heteroatoms. The van der Waals surface area contributed by atoms with E-state index in [1.54, 1.807) is 4.90 Å². The van der Waals surface area contributed by atoms with E-state index in [-0.39, 0.29) is 23.0 Å². The number of fused-ring (bicyclic) bond motifs is 1. The molecule has 30 heavy (non-hydrogen) atoms. The van der Waals surface area contributed by atoms with Crippen molar-refractivity contribution in [1.82, 2.24) is 10.2 Å². The van der Waals surface area contributed by atoms with Gasteiger partial charge in [0.05, 0.1) is 0 Å². The molecule has 2 saturated heterocycles. The second-order valence-electron chi connectivity index (χ2n) is 9.21. The molecule has 3 aliphatic rings. The largest absolute Gasteiger partial charge is 0.381 e. The number of ketones is 1. The zero-order valence-electron chi connectivity index (χ0n) is 17.7. The summed E-state index contributed by atoms with van der Waals surface area (Å²) < 4.78 is 5.42. The summed E-state index contributed by atoms with van der Waals surface area (Å²) in [6.45, 7) is 7.91. The molecular weight excluding hydrogens is 380 g/mol. The van der Waals surface area contributed by atoms with Gasteiger partial charge in [0.15, 0.2) is 0 Å². The van der Waals surface area contributed by atoms with E-state index in [1.165, 1.54) is 0 Å². The van der Waals surface area contributed by atoms with E-state index in [2.05, 4.69) is 18.8 Å². The van der Waals surface area contributed by atoms with Gasteiger partial charge < -0.3 is 15.0 Å². The second kappa shape index (κ2) is 8.34. The molecule has 0 radical (unpaired) electrons. The predicted octanol–water partition coefficient (Wildman–Crippen LogP) is 3.14. The van der Waals surface area contributed by atoms with Crippen LogP contribution in [0.4, 0.5) is 0 Å². The predicted molar refractivity (Wildman–Crippen MR) is 113 cm³/mol. The van der Waals surface area contributed by atoms with Gasteiger partial charge in [-0.05, 0) is 54.7 Å². The number of nitrogens with zero attached hydrogens (tertiary/aromatic N) is 1. The lowest BCUT2D eigenvalue weighted by Crippen LogP contribution is -2.49. The van der Waals surface area contributed by atoms with E-state index in [9.17, 15) is 14.4 Å². The number of carbonyl (C=O) groups is 3. The number of nitrogens with one attached hydrogen (secondary N) is 1. The van der Waals surface area contributed by atoms with E-state index in [0.29, 0.717) is 49.9 Å². The van der Waals surface area contributed by atoms with Crippen molar-refractivity contribution < 1.29 is 19.1 Å². The normalized spacial score (nSPS) is 23.3. The first-order chi connectivity index (χ1) is 14.3. The topological polar surface area (TPSA) is 75.7 Å². The molecule has 1 N–H and O–H groups in total. The van der Waals surface area contributed by atoms with E-state index in [1.807, 2.05) is 18.2 Å². The maximum Gasteiger partial charge on any atom is 0.255 e. The molecule has 1 unspecified atom stereocenters. The Bertz CT molecular complexity index is 885. The summed E-state index contributed by atoms with van der Waals surface area (Å²) in [5.74, 6) is 0.0456. The SMILES string of the molecule is C=C1CCC(N2Cc3cc(CCC(=O)CC4(C)CCOCC4)ccc3C2=O)C(=O)N1. The molecule has 160 valence electrons. The Labute approximate surface area is 177 Å². The minimum atomic E-state index is -0.444. The Hall–Kier alpha value is -2.47.